The molecule has 1 N–H and O–H groups in total. The first-order valence-corrected chi connectivity index (χ1v) is 6.82. The molecule has 0 amide bonds. The zero-order valence-electron chi connectivity index (χ0n) is 11.3. The Morgan fingerprint density at radius 1 is 1.05 bits per heavy atom. The molecule has 2 nitrogen and oxygen atoms in total. The van der Waals surface area contributed by atoms with Crippen LogP contribution in [0, 0.1) is 13.8 Å². The quantitative estimate of drug-likeness (QED) is 0.666. The van der Waals surface area contributed by atoms with Crippen LogP contribution in [0.25, 0.3) is 22.2 Å². The maximum atomic E-state index is 11.5. The second kappa shape index (κ2) is 4.80. The van der Waals surface area contributed by atoms with Gasteiger partial charge in [0, 0.05) is 10.9 Å². The van der Waals surface area contributed by atoms with Crippen molar-refractivity contribution in [3.63, 3.8) is 0 Å². The number of carbonyl (C=O) groups excluding carboxylic acids is 1. The molecule has 0 atom stereocenters. The lowest BCUT2D eigenvalue weighted by Gasteiger charge is -2.00. The van der Waals surface area contributed by atoms with Crippen LogP contribution in [0.3, 0.4) is 0 Å². The molecule has 0 fully saturated rings. The minimum Gasteiger partial charge on any atom is -0.354 e. The van der Waals surface area contributed by atoms with Crippen molar-refractivity contribution < 1.29 is 4.79 Å². The molecule has 3 aromatic rings. The van der Waals surface area contributed by atoms with Gasteiger partial charge in [-0.3, -0.25) is 4.79 Å². The molecule has 0 aliphatic heterocycles. The van der Waals surface area contributed by atoms with Crippen LogP contribution in [0.1, 0.15) is 21.5 Å². The Morgan fingerprint density at radius 3 is 2.40 bits per heavy atom. The Balaban J connectivity index is 2.36. The molecule has 100 valence electrons. The third kappa shape index (κ3) is 1.93. The predicted octanol–water partition coefficient (Wildman–Crippen LogP) is 4.92. The second-order valence-corrected chi connectivity index (χ2v) is 5.42. The summed E-state index contributed by atoms with van der Waals surface area (Å²) >= 11 is 6.26. The van der Waals surface area contributed by atoms with Crippen LogP contribution in [0.15, 0.2) is 36.4 Å². The van der Waals surface area contributed by atoms with Crippen LogP contribution >= 0.6 is 11.6 Å². The fourth-order valence-electron chi connectivity index (χ4n) is 2.49. The molecule has 0 radical (unpaired) electrons. The molecule has 0 spiro atoms. The molecule has 1 heterocycles. The molecule has 1 aromatic heterocycles. The van der Waals surface area contributed by atoms with E-state index in [1.807, 2.05) is 50.2 Å². The van der Waals surface area contributed by atoms with Crippen LogP contribution in [0.5, 0.6) is 0 Å². The summed E-state index contributed by atoms with van der Waals surface area (Å²) in [4.78, 5) is 14.9. The molecule has 0 bridgehead atoms. The highest BCUT2D eigenvalue weighted by molar-refractivity contribution is 6.37. The Hall–Kier alpha value is -2.06. The number of benzene rings is 2. The van der Waals surface area contributed by atoms with Crippen molar-refractivity contribution >= 4 is 28.8 Å². The number of halogens is 1. The van der Waals surface area contributed by atoms with Gasteiger partial charge in [-0.25, -0.2) is 0 Å². The molecular weight excluding hydrogens is 270 g/mol. The van der Waals surface area contributed by atoms with Crippen molar-refractivity contribution in [2.24, 2.45) is 0 Å². The number of fused-ring (bicyclic) bond motifs is 1. The normalized spacial score (nSPS) is 10.9. The SMILES string of the molecule is Cc1ccc(-c2[nH]c3c(C)ccc(Cl)c3c2C=O)cc1. The van der Waals surface area contributed by atoms with Crippen LogP contribution in [0.2, 0.25) is 5.02 Å². The summed E-state index contributed by atoms with van der Waals surface area (Å²) in [6.07, 6.45) is 0.874. The van der Waals surface area contributed by atoms with Gasteiger partial charge in [-0.2, -0.15) is 0 Å². The molecular formula is C17H14ClNO. The first-order valence-electron chi connectivity index (χ1n) is 6.45. The second-order valence-electron chi connectivity index (χ2n) is 5.01. The number of carbonyl (C=O) groups is 1. The highest BCUT2D eigenvalue weighted by Crippen LogP contribution is 2.35. The lowest BCUT2D eigenvalue weighted by molar-refractivity contribution is 0.112. The summed E-state index contributed by atoms with van der Waals surface area (Å²) in [5, 5.41) is 1.40. The molecule has 2 aromatic carbocycles. The molecule has 0 saturated heterocycles. The van der Waals surface area contributed by atoms with Gasteiger partial charge >= 0.3 is 0 Å². The van der Waals surface area contributed by atoms with Crippen molar-refractivity contribution in [3.8, 4) is 11.3 Å². The van der Waals surface area contributed by atoms with E-state index in [-0.39, 0.29) is 0 Å². The average molecular weight is 284 g/mol. The summed E-state index contributed by atoms with van der Waals surface area (Å²) in [6, 6.07) is 11.9. The fraction of sp³-hybridized carbons (Fsp3) is 0.118. The van der Waals surface area contributed by atoms with Gasteiger partial charge in [-0.15, -0.1) is 0 Å². The molecule has 3 rings (SSSR count). The Morgan fingerprint density at radius 2 is 1.75 bits per heavy atom. The largest absolute Gasteiger partial charge is 0.354 e. The summed E-state index contributed by atoms with van der Waals surface area (Å²) < 4.78 is 0. The van der Waals surface area contributed by atoms with E-state index in [0.717, 1.165) is 34.0 Å². The number of nitrogens with one attached hydrogen (secondary N) is 1. The number of aromatic nitrogens is 1. The van der Waals surface area contributed by atoms with E-state index >= 15 is 0 Å². The summed E-state index contributed by atoms with van der Waals surface area (Å²) in [5.74, 6) is 0. The van der Waals surface area contributed by atoms with E-state index in [4.69, 9.17) is 11.6 Å². The lowest BCUT2D eigenvalue weighted by Crippen LogP contribution is -1.85. The third-order valence-electron chi connectivity index (χ3n) is 3.61. The number of aryl methyl sites for hydroxylation is 2. The van der Waals surface area contributed by atoms with Gasteiger partial charge in [0.1, 0.15) is 0 Å². The van der Waals surface area contributed by atoms with Gasteiger partial charge in [0.2, 0.25) is 0 Å². The lowest BCUT2D eigenvalue weighted by atomic mass is 10.0. The first-order chi connectivity index (χ1) is 9.61. The van der Waals surface area contributed by atoms with E-state index in [0.29, 0.717) is 10.6 Å². The number of rotatable bonds is 2. The van der Waals surface area contributed by atoms with Gasteiger partial charge in [-0.05, 0) is 31.0 Å². The molecule has 0 saturated carbocycles. The van der Waals surface area contributed by atoms with Crippen LogP contribution in [-0.2, 0) is 0 Å². The predicted molar refractivity (Wildman–Crippen MR) is 83.6 cm³/mol. The number of aldehydes is 1. The van der Waals surface area contributed by atoms with Crippen LogP contribution < -0.4 is 0 Å². The third-order valence-corrected chi connectivity index (χ3v) is 3.92. The van der Waals surface area contributed by atoms with Crippen molar-refractivity contribution in [1.29, 1.82) is 0 Å². The van der Waals surface area contributed by atoms with Crippen LogP contribution in [0.4, 0.5) is 0 Å². The first kappa shape index (κ1) is 12.9. The minimum absolute atomic E-state index is 0.599. The van der Waals surface area contributed by atoms with Gasteiger partial charge < -0.3 is 4.98 Å². The smallest absolute Gasteiger partial charge is 0.152 e. The van der Waals surface area contributed by atoms with E-state index in [1.54, 1.807) is 0 Å². The summed E-state index contributed by atoms with van der Waals surface area (Å²) in [6.45, 7) is 4.04. The van der Waals surface area contributed by atoms with Crippen molar-refractivity contribution in [1.82, 2.24) is 4.98 Å². The van der Waals surface area contributed by atoms with Gasteiger partial charge in [0.25, 0.3) is 0 Å². The van der Waals surface area contributed by atoms with E-state index in [9.17, 15) is 4.79 Å². The zero-order valence-corrected chi connectivity index (χ0v) is 12.1. The van der Waals surface area contributed by atoms with Crippen molar-refractivity contribution in [2.75, 3.05) is 0 Å². The van der Waals surface area contributed by atoms with E-state index in [1.165, 1.54) is 5.56 Å². The molecule has 0 unspecified atom stereocenters. The molecule has 0 aliphatic rings. The Bertz CT molecular complexity index is 800. The van der Waals surface area contributed by atoms with Gasteiger partial charge in [0.15, 0.2) is 6.29 Å². The summed E-state index contributed by atoms with van der Waals surface area (Å²) in [5.41, 5.74) is 5.63. The average Bonchev–Trinajstić information content (AvgIpc) is 2.84. The van der Waals surface area contributed by atoms with Crippen molar-refractivity contribution in [2.45, 2.75) is 13.8 Å². The Kier molecular flexibility index (Phi) is 3.11. The maximum Gasteiger partial charge on any atom is 0.152 e. The van der Waals surface area contributed by atoms with Gasteiger partial charge in [0.05, 0.1) is 16.2 Å². The van der Waals surface area contributed by atoms with Crippen molar-refractivity contribution in [3.05, 3.63) is 58.1 Å². The zero-order chi connectivity index (χ0) is 14.3. The highest BCUT2D eigenvalue weighted by atomic mass is 35.5. The van der Waals surface area contributed by atoms with Crippen LogP contribution in [-0.4, -0.2) is 11.3 Å². The minimum atomic E-state index is 0.599. The monoisotopic (exact) mass is 283 g/mol. The highest BCUT2D eigenvalue weighted by Gasteiger charge is 2.16. The molecule has 20 heavy (non-hydrogen) atoms. The topological polar surface area (TPSA) is 32.9 Å². The van der Waals surface area contributed by atoms with E-state index < -0.39 is 0 Å². The molecule has 0 aliphatic carbocycles. The molecule has 3 heteroatoms. The number of hydrogen-bond acceptors (Lipinski definition) is 1. The standard InChI is InChI=1S/C17H14ClNO/c1-10-3-6-12(7-4-10)17-13(9-20)15-14(18)8-5-11(2)16(15)19-17/h3-9,19H,1-2H3. The van der Waals surface area contributed by atoms with E-state index in [2.05, 4.69) is 4.98 Å². The fourth-order valence-corrected chi connectivity index (χ4v) is 2.75. The maximum absolute atomic E-state index is 11.5. The summed E-state index contributed by atoms with van der Waals surface area (Å²) in [7, 11) is 0. The number of hydrogen-bond donors (Lipinski definition) is 1. The number of aromatic amines is 1. The number of H-pyrrole nitrogens is 1. The Labute approximate surface area is 122 Å². The van der Waals surface area contributed by atoms with Gasteiger partial charge in [-0.1, -0.05) is 47.5 Å².